The molecule has 1 aliphatic carbocycles. The average Bonchev–Trinajstić information content (AvgIpc) is 2.92. The van der Waals surface area contributed by atoms with Crippen molar-refractivity contribution in [3.8, 4) is 0 Å². The first-order valence-electron chi connectivity index (χ1n) is 13.0. The number of carbonyl (C=O) groups is 2. The molecule has 1 atom stereocenters. The molecule has 6 nitrogen and oxygen atoms in total. The summed E-state index contributed by atoms with van der Waals surface area (Å²) >= 11 is 0. The fourth-order valence-corrected chi connectivity index (χ4v) is 4.86. The number of nitrogens with zero attached hydrogens (tertiary/aromatic N) is 3. The topological polar surface area (TPSA) is 75.2 Å². The van der Waals surface area contributed by atoms with E-state index in [0.717, 1.165) is 36.8 Å². The van der Waals surface area contributed by atoms with E-state index in [1.807, 2.05) is 42.5 Å². The van der Waals surface area contributed by atoms with E-state index in [2.05, 4.69) is 41.3 Å². The number of aromatic nitrogens is 2. The van der Waals surface area contributed by atoms with Crippen LogP contribution in [0.5, 0.6) is 0 Å². The van der Waals surface area contributed by atoms with Crippen LogP contribution in [0.4, 0.5) is 0 Å². The quantitative estimate of drug-likeness (QED) is 0.437. The number of benzene rings is 2. The molecule has 1 fully saturated rings. The van der Waals surface area contributed by atoms with Gasteiger partial charge in [-0.2, -0.15) is 0 Å². The van der Waals surface area contributed by atoms with Crippen molar-refractivity contribution in [3.63, 3.8) is 0 Å². The van der Waals surface area contributed by atoms with Crippen LogP contribution >= 0.6 is 0 Å². The van der Waals surface area contributed by atoms with Crippen LogP contribution in [-0.4, -0.2) is 39.3 Å². The summed E-state index contributed by atoms with van der Waals surface area (Å²) in [4.78, 5) is 37.7. The minimum absolute atomic E-state index is 0.135. The Kier molecular flexibility index (Phi) is 8.82. The maximum atomic E-state index is 13.9. The molecule has 0 bridgehead atoms. The SMILES string of the molecule is CC(C)c1ccc([C@@H](C(=O)NC2CCCCC2)N(CCc2ccccc2)C(=O)c2cnccn2)cc1. The monoisotopic (exact) mass is 484 g/mol. The predicted molar refractivity (Wildman–Crippen MR) is 142 cm³/mol. The first-order chi connectivity index (χ1) is 17.5. The second kappa shape index (κ2) is 12.4. The summed E-state index contributed by atoms with van der Waals surface area (Å²) < 4.78 is 0. The van der Waals surface area contributed by atoms with Gasteiger partial charge < -0.3 is 10.2 Å². The van der Waals surface area contributed by atoms with Gasteiger partial charge in [-0.05, 0) is 41.9 Å². The minimum atomic E-state index is -0.758. The summed E-state index contributed by atoms with van der Waals surface area (Å²) in [6.07, 6.45) is 10.6. The molecule has 0 aliphatic heterocycles. The molecule has 1 aromatic heterocycles. The third-order valence-electron chi connectivity index (χ3n) is 6.96. The van der Waals surface area contributed by atoms with Gasteiger partial charge in [-0.1, -0.05) is 87.7 Å². The van der Waals surface area contributed by atoms with Gasteiger partial charge in [0.15, 0.2) is 0 Å². The third kappa shape index (κ3) is 6.56. The lowest BCUT2D eigenvalue weighted by Gasteiger charge is -2.33. The van der Waals surface area contributed by atoms with E-state index in [1.54, 1.807) is 11.1 Å². The van der Waals surface area contributed by atoms with E-state index in [1.165, 1.54) is 24.4 Å². The molecule has 188 valence electrons. The van der Waals surface area contributed by atoms with Crippen LogP contribution in [0.15, 0.2) is 73.2 Å². The summed E-state index contributed by atoms with van der Waals surface area (Å²) in [7, 11) is 0. The first kappa shape index (κ1) is 25.5. The highest BCUT2D eigenvalue weighted by atomic mass is 16.2. The van der Waals surface area contributed by atoms with Crippen molar-refractivity contribution in [1.29, 1.82) is 0 Å². The number of amides is 2. The molecular weight excluding hydrogens is 448 g/mol. The Hall–Kier alpha value is -3.54. The van der Waals surface area contributed by atoms with Gasteiger partial charge in [0.05, 0.1) is 6.20 Å². The lowest BCUT2D eigenvalue weighted by atomic mass is 9.94. The Morgan fingerprint density at radius 1 is 0.944 bits per heavy atom. The van der Waals surface area contributed by atoms with E-state index in [-0.39, 0.29) is 23.6 Å². The minimum Gasteiger partial charge on any atom is -0.351 e. The fraction of sp³-hybridized carbons (Fsp3) is 0.400. The van der Waals surface area contributed by atoms with Gasteiger partial charge in [0.1, 0.15) is 11.7 Å². The Morgan fingerprint density at radius 2 is 1.64 bits per heavy atom. The zero-order chi connectivity index (χ0) is 25.3. The van der Waals surface area contributed by atoms with Gasteiger partial charge in [0, 0.05) is 25.0 Å². The summed E-state index contributed by atoms with van der Waals surface area (Å²) in [5.41, 5.74) is 3.34. The lowest BCUT2D eigenvalue weighted by Crippen LogP contribution is -2.47. The van der Waals surface area contributed by atoms with Gasteiger partial charge in [-0.15, -0.1) is 0 Å². The van der Waals surface area contributed by atoms with Crippen LogP contribution < -0.4 is 5.32 Å². The van der Waals surface area contributed by atoms with Gasteiger partial charge in [-0.25, -0.2) is 4.98 Å². The van der Waals surface area contributed by atoms with Crippen LogP contribution in [0.25, 0.3) is 0 Å². The highest BCUT2D eigenvalue weighted by Gasteiger charge is 2.34. The molecule has 4 rings (SSSR count). The van der Waals surface area contributed by atoms with E-state index in [9.17, 15) is 9.59 Å². The van der Waals surface area contributed by atoms with Gasteiger partial charge in [0.2, 0.25) is 5.91 Å². The summed E-state index contributed by atoms with van der Waals surface area (Å²) in [6.45, 7) is 4.67. The Labute approximate surface area is 214 Å². The summed E-state index contributed by atoms with van der Waals surface area (Å²) in [5.74, 6) is -0.0516. The molecule has 0 unspecified atom stereocenters. The average molecular weight is 485 g/mol. The maximum Gasteiger partial charge on any atom is 0.275 e. The lowest BCUT2D eigenvalue weighted by molar-refractivity contribution is -0.126. The van der Waals surface area contributed by atoms with Crippen molar-refractivity contribution < 1.29 is 9.59 Å². The van der Waals surface area contributed by atoms with E-state index < -0.39 is 6.04 Å². The number of carbonyl (C=O) groups excluding carboxylic acids is 2. The van der Waals surface area contributed by atoms with Crippen molar-refractivity contribution in [2.75, 3.05) is 6.54 Å². The van der Waals surface area contributed by atoms with Crippen molar-refractivity contribution in [3.05, 3.63) is 95.6 Å². The number of nitrogens with one attached hydrogen (secondary N) is 1. The smallest absolute Gasteiger partial charge is 0.275 e. The van der Waals surface area contributed by atoms with Crippen molar-refractivity contribution in [2.24, 2.45) is 0 Å². The molecule has 1 saturated carbocycles. The second-order valence-corrected chi connectivity index (χ2v) is 9.89. The maximum absolute atomic E-state index is 13.9. The van der Waals surface area contributed by atoms with Gasteiger partial charge >= 0.3 is 0 Å². The molecule has 1 aliphatic rings. The molecule has 1 N–H and O–H groups in total. The molecule has 3 aromatic rings. The zero-order valence-electron chi connectivity index (χ0n) is 21.3. The van der Waals surface area contributed by atoms with Gasteiger partial charge in [-0.3, -0.25) is 14.6 Å². The molecule has 1 heterocycles. The second-order valence-electron chi connectivity index (χ2n) is 9.89. The molecule has 0 saturated heterocycles. The first-order valence-corrected chi connectivity index (χ1v) is 13.0. The molecule has 6 heteroatoms. The van der Waals surface area contributed by atoms with E-state index in [0.29, 0.717) is 18.9 Å². The zero-order valence-corrected chi connectivity index (χ0v) is 21.3. The van der Waals surface area contributed by atoms with Gasteiger partial charge in [0.25, 0.3) is 5.91 Å². The van der Waals surface area contributed by atoms with Crippen molar-refractivity contribution in [1.82, 2.24) is 20.2 Å². The molecule has 0 spiro atoms. The Bertz CT molecular complexity index is 1110. The van der Waals surface area contributed by atoms with E-state index in [4.69, 9.17) is 0 Å². The standard InChI is InChI=1S/C30H36N4O2/c1-22(2)24-13-15-25(16-14-24)28(29(35)33-26-11-7-4-8-12-26)34(20-17-23-9-5-3-6-10-23)30(36)27-21-31-18-19-32-27/h3,5-6,9-10,13-16,18-19,21-22,26,28H,4,7-8,11-12,17,20H2,1-2H3,(H,33,35)/t28-/m0/s1. The summed E-state index contributed by atoms with van der Waals surface area (Å²) in [5, 5.41) is 3.27. The van der Waals surface area contributed by atoms with Crippen molar-refractivity contribution >= 4 is 11.8 Å². The number of hydrogen-bond acceptors (Lipinski definition) is 4. The molecule has 36 heavy (non-hydrogen) atoms. The Balaban J connectivity index is 1.70. The predicted octanol–water partition coefficient (Wildman–Crippen LogP) is 5.48. The molecule has 0 radical (unpaired) electrons. The fourth-order valence-electron chi connectivity index (χ4n) is 4.86. The van der Waals surface area contributed by atoms with E-state index >= 15 is 0 Å². The highest BCUT2D eigenvalue weighted by molar-refractivity contribution is 5.96. The number of hydrogen-bond donors (Lipinski definition) is 1. The van der Waals surface area contributed by atoms with Crippen LogP contribution in [0.3, 0.4) is 0 Å². The van der Waals surface area contributed by atoms with Crippen LogP contribution in [0.1, 0.15) is 85.1 Å². The highest BCUT2D eigenvalue weighted by Crippen LogP contribution is 2.27. The van der Waals surface area contributed by atoms with Crippen molar-refractivity contribution in [2.45, 2.75) is 70.4 Å². The van der Waals surface area contributed by atoms with Crippen LogP contribution in [-0.2, 0) is 11.2 Å². The molecule has 2 amide bonds. The third-order valence-corrected chi connectivity index (χ3v) is 6.96. The van der Waals surface area contributed by atoms with Crippen LogP contribution in [0.2, 0.25) is 0 Å². The number of rotatable bonds is 9. The van der Waals surface area contributed by atoms with Crippen LogP contribution in [0, 0.1) is 0 Å². The molecule has 2 aromatic carbocycles. The summed E-state index contributed by atoms with van der Waals surface area (Å²) in [6, 6.07) is 17.5. The molecular formula is C30H36N4O2. The Morgan fingerprint density at radius 3 is 2.28 bits per heavy atom. The largest absolute Gasteiger partial charge is 0.351 e. The normalized spacial score (nSPS) is 14.9.